The Hall–Kier alpha value is -1.89. The Labute approximate surface area is 101 Å². The van der Waals surface area contributed by atoms with Crippen molar-refractivity contribution in [3.05, 3.63) is 29.6 Å². The van der Waals surface area contributed by atoms with E-state index in [4.69, 9.17) is 5.26 Å². The predicted octanol–water partition coefficient (Wildman–Crippen LogP) is 1.81. The zero-order valence-corrected chi connectivity index (χ0v) is 9.81. The molecule has 2 unspecified atom stereocenters. The van der Waals surface area contributed by atoms with Gasteiger partial charge in [-0.05, 0) is 38.3 Å². The highest BCUT2D eigenvalue weighted by molar-refractivity contribution is 5.94. The van der Waals surface area contributed by atoms with Gasteiger partial charge in [0.05, 0.1) is 12.0 Å². The third kappa shape index (κ3) is 2.62. The number of nitrogens with one attached hydrogen (secondary N) is 1. The molecule has 0 aliphatic heterocycles. The van der Waals surface area contributed by atoms with E-state index in [0.29, 0.717) is 5.56 Å². The predicted molar refractivity (Wildman–Crippen MR) is 63.2 cm³/mol. The fourth-order valence-electron chi connectivity index (χ4n) is 2.23. The summed E-state index contributed by atoms with van der Waals surface area (Å²) in [7, 11) is 0. The van der Waals surface area contributed by atoms with Crippen molar-refractivity contribution in [2.45, 2.75) is 32.2 Å². The van der Waals surface area contributed by atoms with Crippen molar-refractivity contribution in [3.63, 3.8) is 0 Å². The van der Waals surface area contributed by atoms with Crippen LogP contribution in [0.2, 0.25) is 0 Å². The second-order valence-electron chi connectivity index (χ2n) is 4.43. The van der Waals surface area contributed by atoms with Crippen molar-refractivity contribution in [3.8, 4) is 6.07 Å². The molecule has 1 aliphatic rings. The zero-order chi connectivity index (χ0) is 12.3. The van der Waals surface area contributed by atoms with Gasteiger partial charge in [-0.15, -0.1) is 0 Å². The molecule has 1 aromatic rings. The maximum absolute atomic E-state index is 12.0. The number of aryl methyl sites for hydroxylation is 1. The van der Waals surface area contributed by atoms with Gasteiger partial charge in [0.15, 0.2) is 0 Å². The normalized spacial score (nSPS) is 23.1. The Morgan fingerprint density at radius 2 is 2.41 bits per heavy atom. The highest BCUT2D eigenvalue weighted by Crippen LogP contribution is 2.25. The summed E-state index contributed by atoms with van der Waals surface area (Å²) in [6.07, 6.45) is 4.42. The second-order valence-corrected chi connectivity index (χ2v) is 4.43. The van der Waals surface area contributed by atoms with Gasteiger partial charge in [-0.2, -0.15) is 5.26 Å². The summed E-state index contributed by atoms with van der Waals surface area (Å²) >= 11 is 0. The minimum absolute atomic E-state index is 0.000899. The van der Waals surface area contributed by atoms with Crippen LogP contribution in [-0.2, 0) is 0 Å². The third-order valence-electron chi connectivity index (χ3n) is 3.16. The van der Waals surface area contributed by atoms with Crippen LogP contribution in [0.4, 0.5) is 0 Å². The average Bonchev–Trinajstić information content (AvgIpc) is 2.76. The quantitative estimate of drug-likeness (QED) is 0.841. The molecule has 1 heterocycles. The monoisotopic (exact) mass is 229 g/mol. The van der Waals surface area contributed by atoms with Gasteiger partial charge in [0.1, 0.15) is 0 Å². The molecule has 1 amide bonds. The van der Waals surface area contributed by atoms with Crippen molar-refractivity contribution < 1.29 is 4.79 Å². The second kappa shape index (κ2) is 4.96. The molecule has 2 atom stereocenters. The van der Waals surface area contributed by atoms with Crippen LogP contribution < -0.4 is 5.32 Å². The molecule has 88 valence electrons. The zero-order valence-electron chi connectivity index (χ0n) is 9.81. The molecule has 0 aromatic carbocycles. The van der Waals surface area contributed by atoms with Crippen LogP contribution in [-0.4, -0.2) is 16.9 Å². The number of hydrogen-bond donors (Lipinski definition) is 1. The van der Waals surface area contributed by atoms with E-state index in [1.807, 2.05) is 6.92 Å². The summed E-state index contributed by atoms with van der Waals surface area (Å²) < 4.78 is 0. The summed E-state index contributed by atoms with van der Waals surface area (Å²) in [4.78, 5) is 16.0. The summed E-state index contributed by atoms with van der Waals surface area (Å²) in [5, 5.41) is 11.9. The average molecular weight is 229 g/mol. The van der Waals surface area contributed by atoms with E-state index >= 15 is 0 Å². The van der Waals surface area contributed by atoms with Crippen LogP contribution in [0, 0.1) is 24.2 Å². The van der Waals surface area contributed by atoms with Crippen molar-refractivity contribution in [1.82, 2.24) is 10.3 Å². The lowest BCUT2D eigenvalue weighted by Crippen LogP contribution is -2.36. The lowest BCUT2D eigenvalue weighted by Gasteiger charge is -2.15. The molecule has 0 saturated heterocycles. The molecule has 1 fully saturated rings. The maximum Gasteiger partial charge on any atom is 0.251 e. The first-order valence-corrected chi connectivity index (χ1v) is 5.84. The van der Waals surface area contributed by atoms with Gasteiger partial charge in [-0.1, -0.05) is 0 Å². The molecular weight excluding hydrogens is 214 g/mol. The number of nitriles is 1. The van der Waals surface area contributed by atoms with Crippen molar-refractivity contribution in [2.75, 3.05) is 0 Å². The molecular formula is C13H15N3O. The Bertz CT molecular complexity index is 464. The van der Waals surface area contributed by atoms with Crippen molar-refractivity contribution in [2.24, 2.45) is 5.92 Å². The minimum atomic E-state index is -0.109. The molecule has 2 rings (SSSR count). The van der Waals surface area contributed by atoms with E-state index in [1.165, 1.54) is 0 Å². The Kier molecular flexibility index (Phi) is 3.38. The Morgan fingerprint density at radius 3 is 3.12 bits per heavy atom. The number of carbonyl (C=O) groups is 1. The molecule has 1 N–H and O–H groups in total. The Balaban J connectivity index is 2.05. The fraction of sp³-hybridized carbons (Fsp3) is 0.462. The van der Waals surface area contributed by atoms with E-state index in [2.05, 4.69) is 16.4 Å². The summed E-state index contributed by atoms with van der Waals surface area (Å²) in [6.45, 7) is 1.85. The van der Waals surface area contributed by atoms with E-state index in [9.17, 15) is 4.79 Å². The Morgan fingerprint density at radius 1 is 1.59 bits per heavy atom. The van der Waals surface area contributed by atoms with Gasteiger partial charge in [0, 0.05) is 23.5 Å². The molecule has 4 nitrogen and oxygen atoms in total. The van der Waals surface area contributed by atoms with Gasteiger partial charge in [0.2, 0.25) is 0 Å². The van der Waals surface area contributed by atoms with Crippen LogP contribution >= 0.6 is 0 Å². The minimum Gasteiger partial charge on any atom is -0.348 e. The first kappa shape index (κ1) is 11.6. The highest BCUT2D eigenvalue weighted by Gasteiger charge is 2.28. The van der Waals surface area contributed by atoms with E-state index in [0.717, 1.165) is 25.0 Å². The van der Waals surface area contributed by atoms with Crippen LogP contribution in [0.5, 0.6) is 0 Å². The van der Waals surface area contributed by atoms with E-state index in [-0.39, 0.29) is 17.9 Å². The lowest BCUT2D eigenvalue weighted by atomic mass is 10.1. The fourth-order valence-corrected chi connectivity index (χ4v) is 2.23. The molecule has 1 aliphatic carbocycles. The van der Waals surface area contributed by atoms with Crippen LogP contribution in [0.15, 0.2) is 18.3 Å². The molecule has 17 heavy (non-hydrogen) atoms. The van der Waals surface area contributed by atoms with Crippen molar-refractivity contribution in [1.29, 1.82) is 5.26 Å². The molecule has 0 radical (unpaired) electrons. The van der Waals surface area contributed by atoms with Crippen LogP contribution in [0.25, 0.3) is 0 Å². The standard InChI is InChI=1S/C13H15N3O/c1-9-7-10(5-6-15-9)13(17)16-12-4-2-3-11(12)8-14/h5-7,11-12H,2-4H2,1H3,(H,16,17). The van der Waals surface area contributed by atoms with Gasteiger partial charge in [-0.25, -0.2) is 0 Å². The summed E-state index contributed by atoms with van der Waals surface area (Å²) in [6, 6.07) is 5.70. The molecule has 0 bridgehead atoms. The van der Waals surface area contributed by atoms with Gasteiger partial charge >= 0.3 is 0 Å². The van der Waals surface area contributed by atoms with E-state index < -0.39 is 0 Å². The molecule has 0 spiro atoms. The topological polar surface area (TPSA) is 65.8 Å². The van der Waals surface area contributed by atoms with Gasteiger partial charge < -0.3 is 5.32 Å². The molecule has 1 saturated carbocycles. The summed E-state index contributed by atoms with van der Waals surface area (Å²) in [5.74, 6) is -0.149. The first-order valence-electron chi connectivity index (χ1n) is 5.84. The number of amides is 1. The number of hydrogen-bond acceptors (Lipinski definition) is 3. The third-order valence-corrected chi connectivity index (χ3v) is 3.16. The number of aromatic nitrogens is 1. The number of nitrogens with zero attached hydrogens (tertiary/aromatic N) is 2. The van der Waals surface area contributed by atoms with Gasteiger partial charge in [0.25, 0.3) is 5.91 Å². The van der Waals surface area contributed by atoms with Gasteiger partial charge in [-0.3, -0.25) is 9.78 Å². The van der Waals surface area contributed by atoms with Crippen LogP contribution in [0.1, 0.15) is 35.3 Å². The first-order chi connectivity index (χ1) is 8.20. The molecule has 4 heteroatoms. The SMILES string of the molecule is Cc1cc(C(=O)NC2CCCC2C#N)ccn1. The number of carbonyl (C=O) groups excluding carboxylic acids is 1. The summed E-state index contributed by atoms with van der Waals surface area (Å²) in [5.41, 5.74) is 1.43. The van der Waals surface area contributed by atoms with E-state index in [1.54, 1.807) is 18.3 Å². The lowest BCUT2D eigenvalue weighted by molar-refractivity contribution is 0.0932. The largest absolute Gasteiger partial charge is 0.348 e. The molecule has 1 aromatic heterocycles. The number of pyridine rings is 1. The van der Waals surface area contributed by atoms with Crippen LogP contribution in [0.3, 0.4) is 0 Å². The van der Waals surface area contributed by atoms with Crippen molar-refractivity contribution >= 4 is 5.91 Å². The number of rotatable bonds is 2. The smallest absolute Gasteiger partial charge is 0.251 e. The highest BCUT2D eigenvalue weighted by atomic mass is 16.1. The maximum atomic E-state index is 12.0.